The standard InChI is InChI=1S/C11H13Cl2NO4/c1-18-10-8(12)2-6(3-9(10)13)11(17)14-7(4-15)5-16/h2-3,7,15-16H,4-5H2,1H3,(H,14,17). The summed E-state index contributed by atoms with van der Waals surface area (Å²) in [5, 5.41) is 20.6. The van der Waals surface area contributed by atoms with Crippen LogP contribution in [-0.2, 0) is 0 Å². The maximum absolute atomic E-state index is 11.8. The second-order valence-electron chi connectivity index (χ2n) is 3.51. The molecule has 0 atom stereocenters. The highest BCUT2D eigenvalue weighted by molar-refractivity contribution is 6.37. The topological polar surface area (TPSA) is 78.8 Å². The number of aliphatic hydroxyl groups is 2. The summed E-state index contributed by atoms with van der Waals surface area (Å²) < 4.78 is 4.96. The Morgan fingerprint density at radius 1 is 1.33 bits per heavy atom. The predicted octanol–water partition coefficient (Wildman–Crippen LogP) is 1.08. The Morgan fingerprint density at radius 2 is 1.83 bits per heavy atom. The van der Waals surface area contributed by atoms with Crippen molar-refractivity contribution in [1.29, 1.82) is 0 Å². The third-order valence-corrected chi connectivity index (χ3v) is 2.80. The Kier molecular flexibility index (Phi) is 5.68. The number of carbonyl (C=O) groups excluding carboxylic acids is 1. The molecule has 0 unspecified atom stereocenters. The number of hydrogen-bond donors (Lipinski definition) is 3. The van der Waals surface area contributed by atoms with Crippen LogP contribution >= 0.6 is 23.2 Å². The first kappa shape index (κ1) is 15.0. The molecule has 1 aromatic rings. The number of methoxy groups -OCH3 is 1. The van der Waals surface area contributed by atoms with Crippen LogP contribution in [0.5, 0.6) is 5.75 Å². The summed E-state index contributed by atoms with van der Waals surface area (Å²) in [6.45, 7) is -0.723. The minimum atomic E-state index is -0.725. The lowest BCUT2D eigenvalue weighted by Gasteiger charge is -2.14. The molecule has 3 N–H and O–H groups in total. The summed E-state index contributed by atoms with van der Waals surface area (Å²) in [6.07, 6.45) is 0. The van der Waals surface area contributed by atoms with Crippen LogP contribution in [0.4, 0.5) is 0 Å². The van der Waals surface area contributed by atoms with Crippen LogP contribution in [0.1, 0.15) is 10.4 Å². The summed E-state index contributed by atoms with van der Waals surface area (Å²) in [7, 11) is 1.42. The summed E-state index contributed by atoms with van der Waals surface area (Å²) >= 11 is 11.8. The van der Waals surface area contributed by atoms with Gasteiger partial charge in [0, 0.05) is 5.56 Å². The van der Waals surface area contributed by atoms with E-state index in [1.54, 1.807) is 0 Å². The fourth-order valence-electron chi connectivity index (χ4n) is 1.30. The number of halogens is 2. The zero-order chi connectivity index (χ0) is 13.7. The van der Waals surface area contributed by atoms with E-state index in [0.717, 1.165) is 0 Å². The third kappa shape index (κ3) is 3.49. The molecule has 0 spiro atoms. The van der Waals surface area contributed by atoms with Crippen LogP contribution in [-0.4, -0.2) is 42.5 Å². The van der Waals surface area contributed by atoms with Gasteiger partial charge in [-0.25, -0.2) is 0 Å². The lowest BCUT2D eigenvalue weighted by atomic mass is 10.2. The summed E-state index contributed by atoms with van der Waals surface area (Å²) in [4.78, 5) is 11.8. The van der Waals surface area contributed by atoms with Gasteiger partial charge in [0.05, 0.1) is 36.4 Å². The summed E-state index contributed by atoms with van der Waals surface area (Å²) in [6, 6.07) is 2.07. The summed E-state index contributed by atoms with van der Waals surface area (Å²) in [5.41, 5.74) is 0.220. The van der Waals surface area contributed by atoms with Crippen LogP contribution in [0.2, 0.25) is 10.0 Å². The number of benzene rings is 1. The quantitative estimate of drug-likeness (QED) is 0.759. The second-order valence-corrected chi connectivity index (χ2v) is 4.32. The van der Waals surface area contributed by atoms with Crippen molar-refractivity contribution in [2.75, 3.05) is 20.3 Å². The van der Waals surface area contributed by atoms with E-state index in [1.165, 1.54) is 19.2 Å². The molecule has 0 aliphatic carbocycles. The van der Waals surface area contributed by atoms with E-state index in [9.17, 15) is 4.79 Å². The average Bonchev–Trinajstić information content (AvgIpc) is 2.35. The highest BCUT2D eigenvalue weighted by Crippen LogP contribution is 2.33. The molecule has 0 aliphatic heterocycles. The van der Waals surface area contributed by atoms with E-state index in [4.69, 9.17) is 38.2 Å². The minimum Gasteiger partial charge on any atom is -0.494 e. The molecule has 0 fully saturated rings. The van der Waals surface area contributed by atoms with Crippen molar-refractivity contribution in [1.82, 2.24) is 5.32 Å². The molecule has 0 heterocycles. The van der Waals surface area contributed by atoms with Crippen molar-refractivity contribution >= 4 is 29.1 Å². The Hall–Kier alpha value is -1.01. The Balaban J connectivity index is 2.93. The first-order valence-corrected chi connectivity index (χ1v) is 5.84. The second kappa shape index (κ2) is 6.80. The van der Waals surface area contributed by atoms with Crippen LogP contribution in [0.25, 0.3) is 0 Å². The average molecular weight is 294 g/mol. The maximum Gasteiger partial charge on any atom is 0.251 e. The number of hydrogen-bond acceptors (Lipinski definition) is 4. The van der Waals surface area contributed by atoms with Gasteiger partial charge in [0.25, 0.3) is 5.91 Å². The van der Waals surface area contributed by atoms with E-state index in [-0.39, 0.29) is 34.6 Å². The van der Waals surface area contributed by atoms with Gasteiger partial charge >= 0.3 is 0 Å². The van der Waals surface area contributed by atoms with Gasteiger partial charge in [0.2, 0.25) is 0 Å². The van der Waals surface area contributed by atoms with Crippen molar-refractivity contribution in [3.05, 3.63) is 27.7 Å². The number of carbonyl (C=O) groups is 1. The molecule has 5 nitrogen and oxygen atoms in total. The molecule has 0 aromatic heterocycles. The monoisotopic (exact) mass is 293 g/mol. The lowest BCUT2D eigenvalue weighted by Crippen LogP contribution is -2.40. The molecule has 0 aliphatic rings. The zero-order valence-electron chi connectivity index (χ0n) is 9.61. The van der Waals surface area contributed by atoms with Crippen molar-refractivity contribution < 1.29 is 19.7 Å². The first-order chi connectivity index (χ1) is 8.53. The smallest absolute Gasteiger partial charge is 0.251 e. The number of aliphatic hydroxyl groups excluding tert-OH is 2. The Labute approximate surface area is 114 Å². The molecule has 1 amide bonds. The van der Waals surface area contributed by atoms with Crippen molar-refractivity contribution in [2.45, 2.75) is 6.04 Å². The van der Waals surface area contributed by atoms with E-state index < -0.39 is 11.9 Å². The maximum atomic E-state index is 11.8. The number of nitrogens with one attached hydrogen (secondary N) is 1. The molecular weight excluding hydrogens is 281 g/mol. The number of amides is 1. The van der Waals surface area contributed by atoms with Gasteiger partial charge in [-0.1, -0.05) is 23.2 Å². The normalized spacial score (nSPS) is 10.6. The van der Waals surface area contributed by atoms with Gasteiger partial charge in [-0.2, -0.15) is 0 Å². The molecule has 100 valence electrons. The van der Waals surface area contributed by atoms with Gasteiger partial charge in [-0.05, 0) is 12.1 Å². The van der Waals surface area contributed by atoms with Crippen molar-refractivity contribution in [3.8, 4) is 5.75 Å². The van der Waals surface area contributed by atoms with Crippen LogP contribution in [0, 0.1) is 0 Å². The van der Waals surface area contributed by atoms with E-state index >= 15 is 0 Å². The number of ether oxygens (including phenoxy) is 1. The van der Waals surface area contributed by atoms with Gasteiger partial charge in [-0.15, -0.1) is 0 Å². The molecule has 18 heavy (non-hydrogen) atoms. The van der Waals surface area contributed by atoms with Crippen LogP contribution < -0.4 is 10.1 Å². The van der Waals surface area contributed by atoms with E-state index in [2.05, 4.69) is 5.32 Å². The Morgan fingerprint density at radius 3 is 2.22 bits per heavy atom. The molecule has 0 bridgehead atoms. The third-order valence-electron chi connectivity index (χ3n) is 2.24. The molecule has 7 heteroatoms. The highest BCUT2D eigenvalue weighted by Gasteiger charge is 2.16. The van der Waals surface area contributed by atoms with E-state index in [0.29, 0.717) is 0 Å². The molecule has 0 saturated carbocycles. The lowest BCUT2D eigenvalue weighted by molar-refractivity contribution is 0.0879. The van der Waals surface area contributed by atoms with Gasteiger partial charge in [-0.3, -0.25) is 4.79 Å². The predicted molar refractivity (Wildman–Crippen MR) is 68.4 cm³/mol. The molecule has 0 saturated heterocycles. The fourth-order valence-corrected chi connectivity index (χ4v) is 1.95. The molecule has 0 radical (unpaired) electrons. The van der Waals surface area contributed by atoms with Crippen LogP contribution in [0.15, 0.2) is 12.1 Å². The highest BCUT2D eigenvalue weighted by atomic mass is 35.5. The van der Waals surface area contributed by atoms with E-state index in [1.807, 2.05) is 0 Å². The Bertz CT molecular complexity index is 412. The van der Waals surface area contributed by atoms with Gasteiger partial charge < -0.3 is 20.3 Å². The fraction of sp³-hybridized carbons (Fsp3) is 0.364. The SMILES string of the molecule is COc1c(Cl)cc(C(=O)NC(CO)CO)cc1Cl. The van der Waals surface area contributed by atoms with Gasteiger partial charge in [0.15, 0.2) is 5.75 Å². The van der Waals surface area contributed by atoms with Crippen molar-refractivity contribution in [3.63, 3.8) is 0 Å². The molecule has 1 aromatic carbocycles. The largest absolute Gasteiger partial charge is 0.494 e. The molecular formula is C11H13Cl2NO4. The minimum absolute atomic E-state index is 0.208. The van der Waals surface area contributed by atoms with Crippen molar-refractivity contribution in [2.24, 2.45) is 0 Å². The van der Waals surface area contributed by atoms with Crippen LogP contribution in [0.3, 0.4) is 0 Å². The summed E-state index contributed by atoms with van der Waals surface area (Å²) in [5.74, 6) is -0.203. The number of rotatable bonds is 5. The first-order valence-electron chi connectivity index (χ1n) is 5.09. The zero-order valence-corrected chi connectivity index (χ0v) is 11.1. The molecule has 1 rings (SSSR count). The van der Waals surface area contributed by atoms with Gasteiger partial charge in [0.1, 0.15) is 0 Å².